The molecule has 1 aliphatic carbocycles. The van der Waals surface area contributed by atoms with Crippen LogP contribution < -0.4 is 5.73 Å². The number of hydrogen-bond acceptors (Lipinski definition) is 4. The summed E-state index contributed by atoms with van der Waals surface area (Å²) in [5.41, 5.74) is 6.62. The van der Waals surface area contributed by atoms with Crippen LogP contribution in [-0.4, -0.2) is 63.3 Å². The molecule has 3 heterocycles. The van der Waals surface area contributed by atoms with Crippen molar-refractivity contribution in [2.45, 2.75) is 50.5 Å². The number of likely N-dealkylation sites (tertiary alicyclic amines) is 2. The van der Waals surface area contributed by atoms with Crippen LogP contribution in [0.5, 0.6) is 0 Å². The molecule has 7 heteroatoms. The number of rotatable bonds is 4. The molecule has 3 aliphatic rings. The van der Waals surface area contributed by atoms with Crippen LogP contribution in [0.15, 0.2) is 12.5 Å². The molecule has 2 saturated heterocycles. The fraction of sp³-hybridized carbons (Fsp3) is 0.722. The zero-order valence-corrected chi connectivity index (χ0v) is 14.7. The molecule has 0 bridgehead atoms. The van der Waals surface area contributed by atoms with Crippen LogP contribution in [0, 0.1) is 5.41 Å². The van der Waals surface area contributed by atoms with Crippen LogP contribution in [0.1, 0.15) is 44.2 Å². The lowest BCUT2D eigenvalue weighted by Gasteiger charge is -2.48. The van der Waals surface area contributed by atoms with E-state index in [1.165, 1.54) is 0 Å². The van der Waals surface area contributed by atoms with Crippen LogP contribution in [0.2, 0.25) is 0 Å². The lowest BCUT2D eigenvalue weighted by molar-refractivity contribution is -0.144. The van der Waals surface area contributed by atoms with Crippen molar-refractivity contribution in [2.24, 2.45) is 11.1 Å². The Kier molecular flexibility index (Phi) is 4.06. The van der Waals surface area contributed by atoms with Gasteiger partial charge in [-0.2, -0.15) is 0 Å². The van der Waals surface area contributed by atoms with Gasteiger partial charge in [0.1, 0.15) is 0 Å². The molecule has 0 radical (unpaired) electrons. The summed E-state index contributed by atoms with van der Waals surface area (Å²) in [5, 5.41) is 0. The highest BCUT2D eigenvalue weighted by Gasteiger charge is 2.51. The molecular weight excluding hydrogens is 318 g/mol. The van der Waals surface area contributed by atoms with Gasteiger partial charge in [0.15, 0.2) is 0 Å². The Hall–Kier alpha value is -1.89. The Balaban J connectivity index is 1.41. The molecule has 1 saturated carbocycles. The number of carbonyl (C=O) groups is 2. The second-order valence-electron chi connectivity index (χ2n) is 8.13. The van der Waals surface area contributed by atoms with Gasteiger partial charge in [0, 0.05) is 56.3 Å². The van der Waals surface area contributed by atoms with Gasteiger partial charge in [-0.15, -0.1) is 0 Å². The lowest BCUT2D eigenvalue weighted by atomic mass is 9.73. The Morgan fingerprint density at radius 3 is 2.84 bits per heavy atom. The second-order valence-corrected chi connectivity index (χ2v) is 8.13. The number of imidazole rings is 1. The van der Waals surface area contributed by atoms with E-state index in [0.717, 1.165) is 63.9 Å². The van der Waals surface area contributed by atoms with Crippen molar-refractivity contribution in [1.82, 2.24) is 19.8 Å². The third-order valence-corrected chi connectivity index (χ3v) is 6.12. The van der Waals surface area contributed by atoms with Gasteiger partial charge in [-0.25, -0.2) is 4.98 Å². The Labute approximate surface area is 147 Å². The van der Waals surface area contributed by atoms with E-state index in [-0.39, 0.29) is 17.2 Å². The van der Waals surface area contributed by atoms with Crippen LogP contribution in [0.25, 0.3) is 0 Å². The summed E-state index contributed by atoms with van der Waals surface area (Å²) >= 11 is 0. The number of aromatic amines is 1. The maximum Gasteiger partial charge on any atom is 0.242 e. The molecule has 1 aromatic rings. The largest absolute Gasteiger partial charge is 0.348 e. The first kappa shape index (κ1) is 16.6. The first-order chi connectivity index (χ1) is 12.0. The number of nitrogens with two attached hydrogens (primary N) is 1. The van der Waals surface area contributed by atoms with Gasteiger partial charge >= 0.3 is 0 Å². The van der Waals surface area contributed by atoms with Crippen molar-refractivity contribution >= 4 is 11.8 Å². The minimum atomic E-state index is -0.594. The predicted octanol–water partition coefficient (Wildman–Crippen LogP) is 0.675. The average Bonchev–Trinajstić information content (AvgIpc) is 3.15. The first-order valence-corrected chi connectivity index (χ1v) is 9.33. The lowest BCUT2D eigenvalue weighted by Crippen LogP contribution is -2.57. The highest BCUT2D eigenvalue weighted by Crippen LogP contribution is 2.41. The molecule has 1 atom stereocenters. The van der Waals surface area contributed by atoms with Gasteiger partial charge in [-0.05, 0) is 32.1 Å². The highest BCUT2D eigenvalue weighted by molar-refractivity contribution is 5.89. The molecule has 4 rings (SSSR count). The number of nitrogens with one attached hydrogen (secondary N) is 1. The van der Waals surface area contributed by atoms with E-state index in [9.17, 15) is 9.59 Å². The van der Waals surface area contributed by atoms with Crippen molar-refractivity contribution in [3.05, 3.63) is 18.2 Å². The Morgan fingerprint density at radius 1 is 1.28 bits per heavy atom. The summed E-state index contributed by atoms with van der Waals surface area (Å²) in [6.45, 7) is 3.01. The smallest absolute Gasteiger partial charge is 0.242 e. The molecule has 2 aliphatic heterocycles. The molecule has 3 N–H and O–H groups in total. The summed E-state index contributed by atoms with van der Waals surface area (Å²) in [6.07, 6.45) is 9.44. The van der Waals surface area contributed by atoms with Crippen molar-refractivity contribution in [3.8, 4) is 0 Å². The van der Waals surface area contributed by atoms with Crippen LogP contribution in [0.4, 0.5) is 0 Å². The van der Waals surface area contributed by atoms with E-state index in [2.05, 4.69) is 9.97 Å². The monoisotopic (exact) mass is 345 g/mol. The molecule has 136 valence electrons. The molecule has 3 fully saturated rings. The van der Waals surface area contributed by atoms with E-state index in [4.69, 9.17) is 5.73 Å². The third-order valence-electron chi connectivity index (χ3n) is 6.12. The molecule has 1 unspecified atom stereocenters. The molecule has 1 spiro atoms. The maximum absolute atomic E-state index is 12.6. The number of amides is 2. The SMILES string of the molecule is NC1(C(=O)N2CCCC3(CCC(=O)N(CCc4cnc[nH]4)C3)C2)CC1. The molecular formula is C18H27N5O2. The summed E-state index contributed by atoms with van der Waals surface area (Å²) in [7, 11) is 0. The van der Waals surface area contributed by atoms with Gasteiger partial charge in [0.2, 0.25) is 11.8 Å². The number of hydrogen-bond donors (Lipinski definition) is 2. The van der Waals surface area contributed by atoms with E-state index in [1.54, 1.807) is 6.33 Å². The summed E-state index contributed by atoms with van der Waals surface area (Å²) in [6, 6.07) is 0. The normalized spacial score (nSPS) is 28.4. The molecule has 2 amide bonds. The number of H-pyrrole nitrogens is 1. The Bertz CT molecular complexity index is 654. The van der Waals surface area contributed by atoms with Gasteiger partial charge < -0.3 is 20.5 Å². The number of piperidine rings is 2. The second kappa shape index (κ2) is 6.12. The zero-order valence-electron chi connectivity index (χ0n) is 14.7. The fourth-order valence-corrected chi connectivity index (χ4v) is 4.36. The number of carbonyl (C=O) groups excluding carboxylic acids is 2. The first-order valence-electron chi connectivity index (χ1n) is 9.33. The van der Waals surface area contributed by atoms with Gasteiger partial charge in [0.05, 0.1) is 11.9 Å². The predicted molar refractivity (Wildman–Crippen MR) is 92.5 cm³/mol. The van der Waals surface area contributed by atoms with Crippen molar-refractivity contribution in [3.63, 3.8) is 0 Å². The zero-order chi connectivity index (χ0) is 17.5. The minimum absolute atomic E-state index is 0.0427. The Morgan fingerprint density at radius 2 is 2.12 bits per heavy atom. The average molecular weight is 345 g/mol. The number of aromatic nitrogens is 2. The van der Waals surface area contributed by atoms with Crippen LogP contribution in [0.3, 0.4) is 0 Å². The number of nitrogens with zero attached hydrogens (tertiary/aromatic N) is 3. The van der Waals surface area contributed by atoms with E-state index in [0.29, 0.717) is 13.0 Å². The van der Waals surface area contributed by atoms with Gasteiger partial charge in [0.25, 0.3) is 0 Å². The molecule has 0 aromatic carbocycles. The standard InChI is InChI=1S/C18H27N5O2/c19-18(6-7-18)16(25)23-8-1-4-17(12-23)5-2-15(24)22(11-17)9-3-14-10-20-13-21-14/h10,13H,1-9,11-12,19H2,(H,20,21). The van der Waals surface area contributed by atoms with Crippen molar-refractivity contribution in [2.75, 3.05) is 26.2 Å². The van der Waals surface area contributed by atoms with Crippen molar-refractivity contribution in [1.29, 1.82) is 0 Å². The van der Waals surface area contributed by atoms with Gasteiger partial charge in [-0.3, -0.25) is 9.59 Å². The van der Waals surface area contributed by atoms with Gasteiger partial charge in [-0.1, -0.05) is 0 Å². The topological polar surface area (TPSA) is 95.3 Å². The molecule has 7 nitrogen and oxygen atoms in total. The van der Waals surface area contributed by atoms with Crippen LogP contribution >= 0.6 is 0 Å². The minimum Gasteiger partial charge on any atom is -0.348 e. The quantitative estimate of drug-likeness (QED) is 0.839. The molecule has 25 heavy (non-hydrogen) atoms. The van der Waals surface area contributed by atoms with E-state index < -0.39 is 5.54 Å². The van der Waals surface area contributed by atoms with Crippen molar-refractivity contribution < 1.29 is 9.59 Å². The van der Waals surface area contributed by atoms with Crippen LogP contribution in [-0.2, 0) is 16.0 Å². The molecule has 1 aromatic heterocycles. The maximum atomic E-state index is 12.6. The van der Waals surface area contributed by atoms with E-state index >= 15 is 0 Å². The third kappa shape index (κ3) is 3.29. The van der Waals surface area contributed by atoms with E-state index in [1.807, 2.05) is 16.0 Å². The summed E-state index contributed by atoms with van der Waals surface area (Å²) < 4.78 is 0. The summed E-state index contributed by atoms with van der Waals surface area (Å²) in [4.78, 5) is 36.1. The summed E-state index contributed by atoms with van der Waals surface area (Å²) in [5.74, 6) is 0.346. The highest BCUT2D eigenvalue weighted by atomic mass is 16.2. The fourth-order valence-electron chi connectivity index (χ4n) is 4.36.